The van der Waals surface area contributed by atoms with Gasteiger partial charge < -0.3 is 5.32 Å². The number of carbonyl (C=O) groups excluding carboxylic acids is 1. The van der Waals surface area contributed by atoms with Gasteiger partial charge in [0.25, 0.3) is 0 Å². The lowest BCUT2D eigenvalue weighted by molar-refractivity contribution is -0.116. The van der Waals surface area contributed by atoms with Crippen LogP contribution >= 0.6 is 0 Å². The molecule has 0 aromatic heterocycles. The normalized spacial score (nSPS) is 9.65. The third-order valence-electron chi connectivity index (χ3n) is 2.55. The van der Waals surface area contributed by atoms with Gasteiger partial charge in [-0.15, -0.1) is 12.3 Å². The Hall–Kier alpha value is -1.75. The lowest BCUT2D eigenvalue weighted by Gasteiger charge is -2.05. The number of rotatable bonds is 6. The van der Waals surface area contributed by atoms with Crippen LogP contribution < -0.4 is 5.32 Å². The summed E-state index contributed by atoms with van der Waals surface area (Å²) in [4.78, 5) is 11.4. The number of amides is 1. The van der Waals surface area contributed by atoms with Gasteiger partial charge in [0.05, 0.1) is 0 Å². The topological polar surface area (TPSA) is 29.1 Å². The van der Waals surface area contributed by atoms with E-state index in [0.717, 1.165) is 12.1 Å². The van der Waals surface area contributed by atoms with Crippen molar-refractivity contribution in [2.24, 2.45) is 0 Å². The number of hydrogen-bond donors (Lipinski definition) is 1. The Morgan fingerprint density at radius 3 is 2.65 bits per heavy atom. The highest BCUT2D eigenvalue weighted by Gasteiger charge is 2.01. The first-order valence-electron chi connectivity index (χ1n) is 6.08. The molecular formula is C15H19NO. The van der Waals surface area contributed by atoms with Crippen LogP contribution in [0.15, 0.2) is 24.3 Å². The number of aryl methyl sites for hydroxylation is 1. The molecule has 1 N–H and O–H groups in total. The summed E-state index contributed by atoms with van der Waals surface area (Å²) in [6.07, 6.45) is 9.48. The molecule has 0 saturated carbocycles. The average molecular weight is 229 g/mol. The summed E-state index contributed by atoms with van der Waals surface area (Å²) >= 11 is 0. The average Bonchev–Trinajstić information content (AvgIpc) is 2.35. The van der Waals surface area contributed by atoms with Crippen LogP contribution in [0, 0.1) is 12.3 Å². The molecule has 0 atom stereocenters. The number of carbonyl (C=O) groups is 1. The Bertz CT molecular complexity index is 386. The molecule has 17 heavy (non-hydrogen) atoms. The SMILES string of the molecule is C#CCCC(=O)Nc1ccc(CCCC)cc1. The van der Waals surface area contributed by atoms with Gasteiger partial charge in [0.2, 0.25) is 5.91 Å². The molecule has 90 valence electrons. The van der Waals surface area contributed by atoms with E-state index >= 15 is 0 Å². The molecule has 1 aromatic rings. The van der Waals surface area contributed by atoms with Gasteiger partial charge in [-0.1, -0.05) is 25.5 Å². The van der Waals surface area contributed by atoms with Crippen molar-refractivity contribution >= 4 is 11.6 Å². The Morgan fingerprint density at radius 2 is 2.06 bits per heavy atom. The van der Waals surface area contributed by atoms with Crippen molar-refractivity contribution in [3.63, 3.8) is 0 Å². The lowest BCUT2D eigenvalue weighted by atomic mass is 10.1. The standard InChI is InChI=1S/C15H19NO/c1-3-5-7-13-9-11-14(12-10-13)16-15(17)8-6-4-2/h2,9-12H,3,5-8H2,1H3,(H,16,17). The summed E-state index contributed by atoms with van der Waals surface area (Å²) < 4.78 is 0. The summed E-state index contributed by atoms with van der Waals surface area (Å²) in [5.74, 6) is 2.43. The van der Waals surface area contributed by atoms with Gasteiger partial charge in [-0.05, 0) is 30.5 Å². The van der Waals surface area contributed by atoms with E-state index in [-0.39, 0.29) is 5.91 Å². The summed E-state index contributed by atoms with van der Waals surface area (Å²) in [6, 6.07) is 8.01. The molecule has 0 spiro atoms. The number of benzene rings is 1. The number of anilines is 1. The van der Waals surface area contributed by atoms with Crippen LogP contribution in [0.5, 0.6) is 0 Å². The largest absolute Gasteiger partial charge is 0.326 e. The van der Waals surface area contributed by atoms with Crippen molar-refractivity contribution in [3.8, 4) is 12.3 Å². The van der Waals surface area contributed by atoms with Crippen molar-refractivity contribution in [2.45, 2.75) is 39.0 Å². The van der Waals surface area contributed by atoms with E-state index in [9.17, 15) is 4.79 Å². The molecule has 0 aliphatic heterocycles. The fourth-order valence-corrected chi connectivity index (χ4v) is 1.54. The third-order valence-corrected chi connectivity index (χ3v) is 2.55. The highest BCUT2D eigenvalue weighted by atomic mass is 16.1. The molecular weight excluding hydrogens is 210 g/mol. The van der Waals surface area contributed by atoms with Gasteiger partial charge >= 0.3 is 0 Å². The second kappa shape index (κ2) is 7.51. The van der Waals surface area contributed by atoms with E-state index in [0.29, 0.717) is 12.8 Å². The lowest BCUT2D eigenvalue weighted by Crippen LogP contribution is -2.10. The molecule has 0 radical (unpaired) electrons. The maximum absolute atomic E-state index is 11.4. The van der Waals surface area contributed by atoms with Crippen molar-refractivity contribution in [1.29, 1.82) is 0 Å². The molecule has 0 bridgehead atoms. The highest BCUT2D eigenvalue weighted by Crippen LogP contribution is 2.12. The first-order chi connectivity index (χ1) is 8.26. The zero-order valence-corrected chi connectivity index (χ0v) is 10.3. The van der Waals surface area contributed by atoms with Crippen molar-refractivity contribution < 1.29 is 4.79 Å². The third kappa shape index (κ3) is 5.21. The van der Waals surface area contributed by atoms with Gasteiger partial charge in [-0.2, -0.15) is 0 Å². The van der Waals surface area contributed by atoms with Crippen LogP contribution in [-0.4, -0.2) is 5.91 Å². The molecule has 2 nitrogen and oxygen atoms in total. The molecule has 1 aromatic carbocycles. The van der Waals surface area contributed by atoms with Crippen LogP contribution in [0.4, 0.5) is 5.69 Å². The predicted octanol–water partition coefficient (Wildman–Crippen LogP) is 3.38. The number of hydrogen-bond acceptors (Lipinski definition) is 1. The Kier molecular flexibility index (Phi) is 5.88. The fraction of sp³-hybridized carbons (Fsp3) is 0.400. The first kappa shape index (κ1) is 13.3. The van der Waals surface area contributed by atoms with E-state index in [2.05, 4.69) is 30.3 Å². The van der Waals surface area contributed by atoms with Crippen LogP contribution in [0.25, 0.3) is 0 Å². The Morgan fingerprint density at radius 1 is 1.35 bits per heavy atom. The molecule has 2 heteroatoms. The van der Waals surface area contributed by atoms with E-state index in [4.69, 9.17) is 6.42 Å². The molecule has 1 rings (SSSR count). The molecule has 0 unspecified atom stereocenters. The maximum Gasteiger partial charge on any atom is 0.225 e. The van der Waals surface area contributed by atoms with E-state index in [1.165, 1.54) is 18.4 Å². The quantitative estimate of drug-likeness (QED) is 0.744. The minimum absolute atomic E-state index is 0.0238. The second-order valence-corrected chi connectivity index (χ2v) is 4.05. The molecule has 0 fully saturated rings. The number of unbranched alkanes of at least 4 members (excludes halogenated alkanes) is 1. The van der Waals surface area contributed by atoms with Crippen LogP contribution in [0.1, 0.15) is 38.2 Å². The minimum Gasteiger partial charge on any atom is -0.326 e. The predicted molar refractivity (Wildman–Crippen MR) is 71.8 cm³/mol. The van der Waals surface area contributed by atoms with Gasteiger partial charge in [-0.25, -0.2) is 0 Å². The van der Waals surface area contributed by atoms with Gasteiger partial charge in [0.15, 0.2) is 0 Å². The summed E-state index contributed by atoms with van der Waals surface area (Å²) in [6.45, 7) is 2.18. The highest BCUT2D eigenvalue weighted by molar-refractivity contribution is 5.90. The number of nitrogens with one attached hydrogen (secondary N) is 1. The smallest absolute Gasteiger partial charge is 0.225 e. The summed E-state index contributed by atoms with van der Waals surface area (Å²) in [7, 11) is 0. The summed E-state index contributed by atoms with van der Waals surface area (Å²) in [5.41, 5.74) is 2.15. The van der Waals surface area contributed by atoms with Crippen molar-refractivity contribution in [2.75, 3.05) is 5.32 Å². The Balaban J connectivity index is 2.45. The van der Waals surface area contributed by atoms with Crippen LogP contribution in [-0.2, 0) is 11.2 Å². The fourth-order valence-electron chi connectivity index (χ4n) is 1.54. The van der Waals surface area contributed by atoms with Crippen LogP contribution in [0.2, 0.25) is 0 Å². The second-order valence-electron chi connectivity index (χ2n) is 4.05. The van der Waals surface area contributed by atoms with E-state index in [1.54, 1.807) is 0 Å². The van der Waals surface area contributed by atoms with Gasteiger partial charge in [0.1, 0.15) is 0 Å². The molecule has 0 heterocycles. The summed E-state index contributed by atoms with van der Waals surface area (Å²) in [5, 5.41) is 2.83. The van der Waals surface area contributed by atoms with E-state index in [1.807, 2.05) is 12.1 Å². The Labute approximate surface area is 103 Å². The van der Waals surface area contributed by atoms with Gasteiger partial charge in [-0.3, -0.25) is 4.79 Å². The zero-order chi connectivity index (χ0) is 12.5. The monoisotopic (exact) mass is 229 g/mol. The van der Waals surface area contributed by atoms with Crippen molar-refractivity contribution in [3.05, 3.63) is 29.8 Å². The zero-order valence-electron chi connectivity index (χ0n) is 10.3. The first-order valence-corrected chi connectivity index (χ1v) is 6.08. The van der Waals surface area contributed by atoms with Crippen molar-refractivity contribution in [1.82, 2.24) is 0 Å². The molecule has 0 saturated heterocycles. The molecule has 0 aliphatic rings. The number of terminal acetylenes is 1. The molecule has 0 aliphatic carbocycles. The van der Waals surface area contributed by atoms with Crippen LogP contribution in [0.3, 0.4) is 0 Å². The maximum atomic E-state index is 11.4. The van der Waals surface area contributed by atoms with Gasteiger partial charge in [0, 0.05) is 18.5 Å². The van der Waals surface area contributed by atoms with E-state index < -0.39 is 0 Å². The minimum atomic E-state index is -0.0238. The molecule has 1 amide bonds.